The van der Waals surface area contributed by atoms with E-state index in [0.717, 1.165) is 0 Å². The van der Waals surface area contributed by atoms with Gasteiger partial charge >= 0.3 is 11.9 Å². The highest BCUT2D eigenvalue weighted by Crippen LogP contribution is 2.49. The number of amides is 1. The molecule has 3 N–H and O–H groups in total. The molecule has 0 unspecified atom stereocenters. The van der Waals surface area contributed by atoms with Crippen molar-refractivity contribution in [1.29, 1.82) is 0 Å². The number of methoxy groups -OCH3 is 1. The molecule has 3 saturated heterocycles. The van der Waals surface area contributed by atoms with E-state index in [1.807, 2.05) is 0 Å². The molecule has 3 aliphatic heterocycles. The topological polar surface area (TPSA) is 158 Å². The van der Waals surface area contributed by atoms with E-state index in [4.69, 9.17) is 18.9 Å². The molecule has 0 aromatic heterocycles. The number of hydrogen-bond acceptors (Lipinski definition) is 8. The SMILES string of the molecule is COc1ccc(C(=O)C[C@@H]2OCO[C@H]3[C@@H]2O[C@]2(CC(=O)O)[C@@H](C(=O)O)NC(=O)[C@H]32)cc1. The molecule has 11 heteroatoms. The zero-order valence-electron chi connectivity index (χ0n) is 16.5. The van der Waals surface area contributed by atoms with Crippen molar-refractivity contribution in [3.63, 3.8) is 0 Å². The van der Waals surface area contributed by atoms with Crippen LogP contribution in [0, 0.1) is 5.92 Å². The summed E-state index contributed by atoms with van der Waals surface area (Å²) in [6.07, 6.45) is -3.60. The van der Waals surface area contributed by atoms with Gasteiger partial charge in [0, 0.05) is 12.0 Å². The van der Waals surface area contributed by atoms with Crippen molar-refractivity contribution in [3.05, 3.63) is 29.8 Å². The number of fused-ring (bicyclic) bond motifs is 3. The van der Waals surface area contributed by atoms with E-state index < -0.39 is 60.1 Å². The van der Waals surface area contributed by atoms with E-state index in [0.29, 0.717) is 11.3 Å². The number of Topliss-reactive ketones (excluding diaryl/α,β-unsaturated/α-hetero) is 1. The van der Waals surface area contributed by atoms with E-state index >= 15 is 0 Å². The number of carboxylic acids is 2. The van der Waals surface area contributed by atoms with Gasteiger partial charge in [0.15, 0.2) is 11.8 Å². The van der Waals surface area contributed by atoms with Crippen molar-refractivity contribution in [2.75, 3.05) is 13.9 Å². The van der Waals surface area contributed by atoms with Crippen LogP contribution in [-0.4, -0.2) is 77.7 Å². The van der Waals surface area contributed by atoms with Gasteiger partial charge < -0.3 is 34.5 Å². The Morgan fingerprint density at radius 3 is 2.48 bits per heavy atom. The van der Waals surface area contributed by atoms with Gasteiger partial charge in [0.1, 0.15) is 30.4 Å². The van der Waals surface area contributed by atoms with E-state index in [9.17, 15) is 29.4 Å². The third-order valence-electron chi connectivity index (χ3n) is 5.97. The standard InChI is InChI=1S/C20H21NO10/c1-28-10-4-2-9(3-5-10)11(22)6-12-15-16(30-8-29-12)14-18(25)21-17(19(26)27)20(14,31-15)7-13(23)24/h2-5,12,14-17H,6-8H2,1H3,(H,21,25)(H,23,24)(H,26,27)/t12-,14-,15+,16+,17+,20-/m0/s1. The summed E-state index contributed by atoms with van der Waals surface area (Å²) in [6.45, 7) is -0.240. The number of rotatable bonds is 7. The summed E-state index contributed by atoms with van der Waals surface area (Å²) in [5, 5.41) is 21.3. The fourth-order valence-electron chi connectivity index (χ4n) is 4.63. The van der Waals surface area contributed by atoms with Gasteiger partial charge in [-0.1, -0.05) is 0 Å². The van der Waals surface area contributed by atoms with E-state index in [2.05, 4.69) is 5.32 Å². The number of ketones is 1. The molecule has 0 radical (unpaired) electrons. The molecular formula is C20H21NO10. The maximum atomic E-state index is 12.8. The Morgan fingerprint density at radius 1 is 1.16 bits per heavy atom. The quantitative estimate of drug-likeness (QED) is 0.491. The number of aliphatic carboxylic acids is 2. The van der Waals surface area contributed by atoms with E-state index in [1.165, 1.54) is 7.11 Å². The summed E-state index contributed by atoms with van der Waals surface area (Å²) in [7, 11) is 1.51. The summed E-state index contributed by atoms with van der Waals surface area (Å²) in [5.74, 6) is -4.23. The first-order valence-corrected chi connectivity index (χ1v) is 9.60. The van der Waals surface area contributed by atoms with Gasteiger partial charge in [0.2, 0.25) is 5.91 Å². The third-order valence-corrected chi connectivity index (χ3v) is 5.97. The molecule has 6 atom stereocenters. The van der Waals surface area contributed by atoms with Crippen LogP contribution in [0.4, 0.5) is 0 Å². The lowest BCUT2D eigenvalue weighted by Crippen LogP contribution is -2.53. The number of carbonyl (C=O) groups is 4. The maximum absolute atomic E-state index is 12.8. The van der Waals surface area contributed by atoms with Crippen LogP contribution in [0.15, 0.2) is 24.3 Å². The van der Waals surface area contributed by atoms with E-state index in [-0.39, 0.29) is 19.0 Å². The molecule has 31 heavy (non-hydrogen) atoms. The van der Waals surface area contributed by atoms with Gasteiger partial charge in [-0.25, -0.2) is 4.79 Å². The van der Waals surface area contributed by atoms with Crippen LogP contribution >= 0.6 is 0 Å². The molecule has 1 aromatic rings. The molecule has 0 saturated carbocycles. The minimum atomic E-state index is -1.85. The second kappa shape index (κ2) is 7.91. The van der Waals surface area contributed by atoms with Gasteiger partial charge in [-0.3, -0.25) is 14.4 Å². The zero-order valence-corrected chi connectivity index (χ0v) is 16.5. The molecule has 3 aliphatic rings. The molecule has 0 bridgehead atoms. The minimum Gasteiger partial charge on any atom is -0.497 e. The fourth-order valence-corrected chi connectivity index (χ4v) is 4.63. The van der Waals surface area contributed by atoms with Gasteiger partial charge in [-0.15, -0.1) is 0 Å². The Morgan fingerprint density at radius 2 is 1.87 bits per heavy atom. The highest BCUT2D eigenvalue weighted by molar-refractivity contribution is 5.97. The number of hydrogen-bond donors (Lipinski definition) is 3. The van der Waals surface area contributed by atoms with Crippen molar-refractivity contribution in [2.24, 2.45) is 5.92 Å². The molecule has 1 amide bonds. The summed E-state index contributed by atoms with van der Waals surface area (Å²) in [4.78, 5) is 48.6. The minimum absolute atomic E-state index is 0.119. The maximum Gasteiger partial charge on any atom is 0.329 e. The number of carbonyl (C=O) groups excluding carboxylic acids is 2. The average Bonchev–Trinajstić information content (AvgIpc) is 3.20. The van der Waals surface area contributed by atoms with Crippen molar-refractivity contribution in [1.82, 2.24) is 5.32 Å². The lowest BCUT2D eigenvalue weighted by Gasteiger charge is -2.34. The molecule has 11 nitrogen and oxygen atoms in total. The first-order valence-electron chi connectivity index (χ1n) is 9.60. The Bertz CT molecular complexity index is 915. The molecule has 0 aliphatic carbocycles. The lowest BCUT2D eigenvalue weighted by molar-refractivity contribution is -0.227. The van der Waals surface area contributed by atoms with Crippen molar-refractivity contribution < 1.29 is 48.3 Å². The molecule has 166 valence electrons. The molecule has 1 aromatic carbocycles. The van der Waals surface area contributed by atoms with E-state index in [1.54, 1.807) is 24.3 Å². The molecule has 3 heterocycles. The number of carboxylic acid groups (broad SMARTS) is 2. The number of nitrogens with one attached hydrogen (secondary N) is 1. The second-order valence-electron chi connectivity index (χ2n) is 7.68. The summed E-state index contributed by atoms with van der Waals surface area (Å²) in [5.41, 5.74) is -1.44. The lowest BCUT2D eigenvalue weighted by atomic mass is 9.80. The summed E-state index contributed by atoms with van der Waals surface area (Å²) < 4.78 is 22.1. The van der Waals surface area contributed by atoms with Crippen LogP contribution in [0.3, 0.4) is 0 Å². The Balaban J connectivity index is 1.60. The predicted molar refractivity (Wildman–Crippen MR) is 99.5 cm³/mol. The zero-order chi connectivity index (χ0) is 22.3. The highest BCUT2D eigenvalue weighted by Gasteiger charge is 2.71. The van der Waals surface area contributed by atoms with Crippen molar-refractivity contribution >= 4 is 23.6 Å². The Kier molecular flexibility index (Phi) is 5.42. The third kappa shape index (κ3) is 3.54. The van der Waals surface area contributed by atoms with Crippen LogP contribution in [0.25, 0.3) is 0 Å². The molecule has 3 fully saturated rings. The number of benzene rings is 1. The van der Waals surface area contributed by atoms with Crippen molar-refractivity contribution in [2.45, 2.75) is 42.8 Å². The van der Waals surface area contributed by atoms with Gasteiger partial charge in [0.25, 0.3) is 0 Å². The fraction of sp³-hybridized carbons (Fsp3) is 0.500. The smallest absolute Gasteiger partial charge is 0.329 e. The Hall–Kier alpha value is -3.02. The number of ether oxygens (including phenoxy) is 4. The van der Waals surface area contributed by atoms with Crippen LogP contribution in [0.5, 0.6) is 5.75 Å². The second-order valence-corrected chi connectivity index (χ2v) is 7.68. The molecular weight excluding hydrogens is 414 g/mol. The van der Waals surface area contributed by atoms with Gasteiger partial charge in [-0.05, 0) is 24.3 Å². The van der Waals surface area contributed by atoms with Crippen molar-refractivity contribution in [3.8, 4) is 5.75 Å². The molecule has 4 rings (SSSR count). The first-order chi connectivity index (χ1) is 14.8. The van der Waals surface area contributed by atoms with Crippen LogP contribution in [-0.2, 0) is 28.6 Å². The normalized spacial score (nSPS) is 33.8. The van der Waals surface area contributed by atoms with Crippen LogP contribution < -0.4 is 10.1 Å². The Labute approximate surface area is 176 Å². The largest absolute Gasteiger partial charge is 0.497 e. The molecule has 0 spiro atoms. The van der Waals surface area contributed by atoms with Crippen LogP contribution in [0.1, 0.15) is 23.2 Å². The van der Waals surface area contributed by atoms with Crippen LogP contribution in [0.2, 0.25) is 0 Å². The first kappa shape index (κ1) is 21.2. The average molecular weight is 435 g/mol. The van der Waals surface area contributed by atoms with Gasteiger partial charge in [0.05, 0.1) is 25.6 Å². The monoisotopic (exact) mass is 435 g/mol. The predicted octanol–water partition coefficient (Wildman–Crippen LogP) is -0.179. The summed E-state index contributed by atoms with van der Waals surface area (Å²) >= 11 is 0. The van der Waals surface area contributed by atoms with Gasteiger partial charge in [-0.2, -0.15) is 0 Å². The highest BCUT2D eigenvalue weighted by atomic mass is 16.7. The summed E-state index contributed by atoms with van der Waals surface area (Å²) in [6, 6.07) is 4.92.